The van der Waals surface area contributed by atoms with Gasteiger partial charge in [-0.15, -0.1) is 0 Å². The first-order chi connectivity index (χ1) is 8.48. The summed E-state index contributed by atoms with van der Waals surface area (Å²) in [4.78, 5) is 22.4. The summed E-state index contributed by atoms with van der Waals surface area (Å²) in [6, 6.07) is 8.94. The topological polar surface area (TPSA) is 72.8 Å². The fourth-order valence-corrected chi connectivity index (χ4v) is 1.53. The molecule has 18 heavy (non-hydrogen) atoms. The van der Waals surface area contributed by atoms with Crippen molar-refractivity contribution in [1.29, 1.82) is 0 Å². The van der Waals surface area contributed by atoms with Crippen molar-refractivity contribution in [3.8, 4) is 0 Å². The molecule has 0 fully saturated rings. The highest BCUT2D eigenvalue weighted by Gasteiger charge is 2.38. The van der Waals surface area contributed by atoms with Gasteiger partial charge in [-0.3, -0.25) is 4.79 Å². The van der Waals surface area contributed by atoms with E-state index in [0.29, 0.717) is 0 Å². The fourth-order valence-electron chi connectivity index (χ4n) is 1.53. The Labute approximate surface area is 105 Å². The molecule has 0 radical (unpaired) electrons. The van der Waals surface area contributed by atoms with Gasteiger partial charge in [0.2, 0.25) is 0 Å². The standard InChI is InChI=1S/C13H16O5/c1-10(14)18-9-13(16,12(15)17-2)8-11-6-4-3-5-7-11/h3-7,16H,8-9H2,1-2H3/t13-/m0/s1. The van der Waals surface area contributed by atoms with Gasteiger partial charge in [-0.2, -0.15) is 0 Å². The molecule has 0 spiro atoms. The van der Waals surface area contributed by atoms with Crippen LogP contribution in [-0.2, 0) is 25.5 Å². The monoisotopic (exact) mass is 252 g/mol. The molecule has 1 aromatic rings. The van der Waals surface area contributed by atoms with Gasteiger partial charge >= 0.3 is 11.9 Å². The number of carbonyl (C=O) groups is 2. The Bertz CT molecular complexity index is 415. The van der Waals surface area contributed by atoms with Crippen LogP contribution in [0.4, 0.5) is 0 Å². The molecule has 0 aromatic heterocycles. The van der Waals surface area contributed by atoms with E-state index < -0.39 is 24.1 Å². The third kappa shape index (κ3) is 3.85. The number of ether oxygens (including phenoxy) is 2. The van der Waals surface area contributed by atoms with Crippen LogP contribution in [0, 0.1) is 0 Å². The minimum Gasteiger partial charge on any atom is -0.467 e. The van der Waals surface area contributed by atoms with E-state index in [-0.39, 0.29) is 6.42 Å². The fraction of sp³-hybridized carbons (Fsp3) is 0.385. The number of rotatable bonds is 5. The van der Waals surface area contributed by atoms with Crippen molar-refractivity contribution in [3.05, 3.63) is 35.9 Å². The van der Waals surface area contributed by atoms with Crippen LogP contribution < -0.4 is 0 Å². The Morgan fingerprint density at radius 3 is 2.39 bits per heavy atom. The molecule has 0 amide bonds. The van der Waals surface area contributed by atoms with E-state index in [1.807, 2.05) is 6.07 Å². The maximum atomic E-state index is 11.6. The Balaban J connectivity index is 2.84. The van der Waals surface area contributed by atoms with Gasteiger partial charge in [0.1, 0.15) is 6.61 Å². The van der Waals surface area contributed by atoms with Crippen LogP contribution in [0.3, 0.4) is 0 Å². The second kappa shape index (κ2) is 6.16. The van der Waals surface area contributed by atoms with Crippen molar-refractivity contribution >= 4 is 11.9 Å². The summed E-state index contributed by atoms with van der Waals surface area (Å²) in [5.41, 5.74) is -1.11. The molecule has 98 valence electrons. The van der Waals surface area contributed by atoms with E-state index in [2.05, 4.69) is 4.74 Å². The lowest BCUT2D eigenvalue weighted by Crippen LogP contribution is -2.46. The van der Waals surface area contributed by atoms with Gasteiger partial charge in [-0.05, 0) is 5.56 Å². The summed E-state index contributed by atoms with van der Waals surface area (Å²) in [6.07, 6.45) is 0.0216. The van der Waals surface area contributed by atoms with Crippen molar-refractivity contribution in [2.45, 2.75) is 18.9 Å². The molecule has 0 aliphatic heterocycles. The molecular weight excluding hydrogens is 236 g/mol. The third-order valence-corrected chi connectivity index (χ3v) is 2.42. The Kier molecular flexibility index (Phi) is 4.85. The summed E-state index contributed by atoms with van der Waals surface area (Å²) in [6.45, 7) is 0.782. The molecule has 1 N–H and O–H groups in total. The third-order valence-electron chi connectivity index (χ3n) is 2.42. The Morgan fingerprint density at radius 1 is 1.28 bits per heavy atom. The number of hydrogen-bond acceptors (Lipinski definition) is 5. The first-order valence-corrected chi connectivity index (χ1v) is 5.46. The van der Waals surface area contributed by atoms with Crippen molar-refractivity contribution in [2.24, 2.45) is 0 Å². The van der Waals surface area contributed by atoms with E-state index in [0.717, 1.165) is 5.56 Å². The van der Waals surface area contributed by atoms with Gasteiger partial charge in [0.05, 0.1) is 7.11 Å². The summed E-state index contributed by atoms with van der Waals surface area (Å²) in [7, 11) is 1.17. The van der Waals surface area contributed by atoms with Crippen LogP contribution in [0.5, 0.6) is 0 Å². The van der Waals surface area contributed by atoms with E-state index in [1.165, 1.54) is 14.0 Å². The summed E-state index contributed by atoms with van der Waals surface area (Å²) < 4.78 is 9.25. The second-order valence-electron chi connectivity index (χ2n) is 3.97. The van der Waals surface area contributed by atoms with Gasteiger partial charge < -0.3 is 14.6 Å². The Hall–Kier alpha value is -1.88. The molecule has 0 heterocycles. The van der Waals surface area contributed by atoms with Crippen LogP contribution in [-0.4, -0.2) is 36.4 Å². The first-order valence-electron chi connectivity index (χ1n) is 5.46. The Morgan fingerprint density at radius 2 is 1.89 bits per heavy atom. The van der Waals surface area contributed by atoms with Crippen molar-refractivity contribution in [1.82, 2.24) is 0 Å². The minimum atomic E-state index is -1.86. The molecule has 1 aromatic carbocycles. The summed E-state index contributed by atoms with van der Waals surface area (Å²) >= 11 is 0. The lowest BCUT2D eigenvalue weighted by Gasteiger charge is -2.24. The largest absolute Gasteiger partial charge is 0.467 e. The summed E-state index contributed by atoms with van der Waals surface area (Å²) in [5, 5.41) is 10.2. The van der Waals surface area contributed by atoms with Gasteiger partial charge in [0.15, 0.2) is 5.60 Å². The van der Waals surface area contributed by atoms with Gasteiger partial charge in [-0.25, -0.2) is 4.79 Å². The van der Waals surface area contributed by atoms with E-state index in [1.54, 1.807) is 24.3 Å². The van der Waals surface area contributed by atoms with E-state index >= 15 is 0 Å². The zero-order valence-corrected chi connectivity index (χ0v) is 10.4. The molecule has 0 saturated heterocycles. The molecular formula is C13H16O5. The maximum Gasteiger partial charge on any atom is 0.341 e. The molecule has 0 saturated carbocycles. The number of hydrogen-bond donors (Lipinski definition) is 1. The predicted molar refractivity (Wildman–Crippen MR) is 63.7 cm³/mol. The summed E-state index contributed by atoms with van der Waals surface area (Å²) in [5.74, 6) is -1.39. The van der Waals surface area contributed by atoms with Crippen LogP contribution in [0.2, 0.25) is 0 Å². The molecule has 5 nitrogen and oxygen atoms in total. The normalized spacial score (nSPS) is 13.5. The average molecular weight is 252 g/mol. The molecule has 0 aliphatic carbocycles. The molecule has 1 atom stereocenters. The predicted octanol–water partition coefficient (Wildman–Crippen LogP) is 0.696. The lowest BCUT2D eigenvalue weighted by molar-refractivity contribution is -0.172. The number of methoxy groups -OCH3 is 1. The molecule has 1 rings (SSSR count). The lowest BCUT2D eigenvalue weighted by atomic mass is 9.95. The van der Waals surface area contributed by atoms with E-state index in [4.69, 9.17) is 4.74 Å². The maximum absolute atomic E-state index is 11.6. The van der Waals surface area contributed by atoms with Crippen molar-refractivity contribution in [3.63, 3.8) is 0 Å². The zero-order chi connectivity index (χ0) is 13.6. The second-order valence-corrected chi connectivity index (χ2v) is 3.97. The molecule has 5 heteroatoms. The van der Waals surface area contributed by atoms with Crippen molar-refractivity contribution < 1.29 is 24.2 Å². The number of benzene rings is 1. The quantitative estimate of drug-likeness (QED) is 0.781. The van der Waals surface area contributed by atoms with Crippen LogP contribution in [0.15, 0.2) is 30.3 Å². The SMILES string of the molecule is COC(=O)[C@@](O)(COC(C)=O)Cc1ccccc1. The number of carbonyl (C=O) groups excluding carboxylic acids is 2. The smallest absolute Gasteiger partial charge is 0.341 e. The molecule has 0 aliphatic rings. The van der Waals surface area contributed by atoms with Gasteiger partial charge in [0, 0.05) is 13.3 Å². The van der Waals surface area contributed by atoms with Crippen LogP contribution in [0.25, 0.3) is 0 Å². The highest BCUT2D eigenvalue weighted by atomic mass is 16.6. The van der Waals surface area contributed by atoms with E-state index in [9.17, 15) is 14.7 Å². The number of aliphatic hydroxyl groups is 1. The zero-order valence-electron chi connectivity index (χ0n) is 10.4. The number of esters is 2. The van der Waals surface area contributed by atoms with Crippen molar-refractivity contribution in [2.75, 3.05) is 13.7 Å². The highest BCUT2D eigenvalue weighted by molar-refractivity contribution is 5.80. The first kappa shape index (κ1) is 14.2. The molecule has 0 bridgehead atoms. The van der Waals surface area contributed by atoms with Crippen LogP contribution in [0.1, 0.15) is 12.5 Å². The highest BCUT2D eigenvalue weighted by Crippen LogP contribution is 2.16. The minimum absolute atomic E-state index is 0.0216. The molecule has 0 unspecified atom stereocenters. The van der Waals surface area contributed by atoms with Crippen LogP contribution >= 0.6 is 0 Å². The average Bonchev–Trinajstić information content (AvgIpc) is 2.36. The van der Waals surface area contributed by atoms with Gasteiger partial charge in [-0.1, -0.05) is 30.3 Å². The van der Waals surface area contributed by atoms with Gasteiger partial charge in [0.25, 0.3) is 0 Å².